The Labute approximate surface area is 239 Å². The Hall–Kier alpha value is -3.98. The summed E-state index contributed by atoms with van der Waals surface area (Å²) in [4.78, 5) is 26.4. The summed E-state index contributed by atoms with van der Waals surface area (Å²) in [6, 6.07) is 2.53. The van der Waals surface area contributed by atoms with Gasteiger partial charge in [-0.2, -0.15) is 30.7 Å². The van der Waals surface area contributed by atoms with Gasteiger partial charge in [0.25, 0.3) is 11.6 Å². The van der Waals surface area contributed by atoms with E-state index in [0.29, 0.717) is 0 Å². The number of pyridine rings is 1. The summed E-state index contributed by atoms with van der Waals surface area (Å²) in [5.74, 6) is -16.9. The third-order valence-corrected chi connectivity index (χ3v) is 6.26. The quantitative estimate of drug-likeness (QED) is 0.123. The van der Waals surface area contributed by atoms with Crippen LogP contribution in [0.4, 0.5) is 46.6 Å². The number of non-ortho nitro benzene ring substituents is 1. The van der Waals surface area contributed by atoms with Crippen LogP contribution in [0.15, 0.2) is 40.5 Å². The summed E-state index contributed by atoms with van der Waals surface area (Å²) in [5, 5.41) is 33.9. The average molecular weight is 645 g/mol. The number of alkyl halides is 7. The van der Waals surface area contributed by atoms with E-state index in [4.69, 9.17) is 4.74 Å². The summed E-state index contributed by atoms with van der Waals surface area (Å²) in [5.41, 5.74) is -4.34. The molecule has 0 aliphatic heterocycles. The highest BCUT2D eigenvalue weighted by atomic mass is 32.2. The zero-order chi connectivity index (χ0) is 32.4. The highest BCUT2D eigenvalue weighted by Crippen LogP contribution is 2.51. The average Bonchev–Trinajstić information content (AvgIpc) is 3.33. The number of halogens is 8. The number of carbonyl (C=O) groups is 1. The monoisotopic (exact) mass is 645 g/mol. The second-order valence-electron chi connectivity index (χ2n) is 9.24. The molecule has 0 saturated heterocycles. The molecule has 12 nitrogen and oxygen atoms in total. The predicted octanol–water partition coefficient (Wildman–Crippen LogP) is 4.60. The van der Waals surface area contributed by atoms with Gasteiger partial charge in [0, 0.05) is 28.8 Å². The van der Waals surface area contributed by atoms with Crippen molar-refractivity contribution < 1.29 is 54.7 Å². The Morgan fingerprint density at radius 1 is 1.16 bits per heavy atom. The van der Waals surface area contributed by atoms with Crippen LogP contribution in [0.5, 0.6) is 0 Å². The van der Waals surface area contributed by atoms with Crippen molar-refractivity contribution in [1.82, 2.24) is 25.2 Å². The van der Waals surface area contributed by atoms with E-state index in [1.165, 1.54) is 18.5 Å². The molecule has 234 valence electrons. The van der Waals surface area contributed by atoms with E-state index in [0.717, 1.165) is 30.0 Å². The number of nitrogens with one attached hydrogen (secondary N) is 1. The van der Waals surface area contributed by atoms with Gasteiger partial charge in [-0.15, -0.1) is 5.10 Å². The molecule has 2 aromatic heterocycles. The van der Waals surface area contributed by atoms with Crippen LogP contribution in [0.25, 0.3) is 0 Å². The second kappa shape index (κ2) is 12.3. The van der Waals surface area contributed by atoms with Crippen LogP contribution in [-0.2, 0) is 17.2 Å². The number of rotatable bonds is 12. The number of aliphatic hydroxyl groups is 1. The molecule has 0 aliphatic rings. The lowest BCUT2D eigenvalue weighted by Crippen LogP contribution is -2.50. The van der Waals surface area contributed by atoms with E-state index in [-0.39, 0.29) is 42.1 Å². The highest BCUT2D eigenvalue weighted by Gasteiger charge is 2.73. The fourth-order valence-corrected chi connectivity index (χ4v) is 4.02. The molecule has 0 bridgehead atoms. The normalized spacial score (nSPS) is 12.8. The molecule has 21 heteroatoms. The zero-order valence-electron chi connectivity index (χ0n) is 21.7. The largest absolute Gasteiger partial charge is 0.460 e. The number of carbonyl (C=O) groups excluding carboxylic acids is 1. The number of nitrogens with zero attached hydrogens (tertiary/aromatic N) is 6. The molecule has 3 rings (SSSR count). The molecule has 3 aromatic rings. The van der Waals surface area contributed by atoms with Crippen molar-refractivity contribution >= 4 is 29.2 Å². The van der Waals surface area contributed by atoms with Crippen molar-refractivity contribution in [3.05, 3.63) is 57.5 Å². The lowest BCUT2D eigenvalue weighted by molar-refractivity contribution is -0.384. The molecule has 1 amide bonds. The van der Waals surface area contributed by atoms with Crippen LogP contribution in [0.2, 0.25) is 0 Å². The van der Waals surface area contributed by atoms with Gasteiger partial charge in [-0.25, -0.2) is 14.1 Å². The Kier molecular flexibility index (Phi) is 9.61. The molecule has 2 N–H and O–H groups in total. The summed E-state index contributed by atoms with van der Waals surface area (Å²) in [7, 11) is 0. The fourth-order valence-electron chi connectivity index (χ4n) is 3.11. The zero-order valence-corrected chi connectivity index (χ0v) is 22.5. The number of aromatic nitrogens is 5. The third-order valence-electron chi connectivity index (χ3n) is 5.21. The van der Waals surface area contributed by atoms with Gasteiger partial charge in [-0.1, -0.05) is 0 Å². The van der Waals surface area contributed by atoms with Crippen molar-refractivity contribution in [2.45, 2.75) is 54.1 Å². The van der Waals surface area contributed by atoms with E-state index >= 15 is 0 Å². The van der Waals surface area contributed by atoms with Gasteiger partial charge in [0.05, 0.1) is 35.8 Å². The van der Waals surface area contributed by atoms with E-state index in [1.807, 2.05) is 5.32 Å². The number of nitro groups is 1. The summed E-state index contributed by atoms with van der Waals surface area (Å²) >= 11 is 0.721. The number of tetrazole rings is 1. The molecule has 2 heterocycles. The van der Waals surface area contributed by atoms with Crippen molar-refractivity contribution in [1.29, 1.82) is 0 Å². The van der Waals surface area contributed by atoms with Crippen LogP contribution in [-0.4, -0.2) is 72.0 Å². The molecule has 43 heavy (non-hydrogen) atoms. The summed E-state index contributed by atoms with van der Waals surface area (Å²) < 4.78 is 113. The summed E-state index contributed by atoms with van der Waals surface area (Å²) in [6.07, 6.45) is -6.87. The molecule has 0 atom stereocenters. The van der Waals surface area contributed by atoms with Gasteiger partial charge >= 0.3 is 18.0 Å². The van der Waals surface area contributed by atoms with Gasteiger partial charge in [0.2, 0.25) is 5.16 Å². The molecule has 0 aliphatic carbocycles. The molecule has 0 fully saturated rings. The second-order valence-corrected chi connectivity index (χ2v) is 10.3. The van der Waals surface area contributed by atoms with Crippen molar-refractivity contribution in [3.8, 4) is 0 Å². The maximum absolute atomic E-state index is 14.5. The number of hydrogen-bond acceptors (Lipinski definition) is 10. The minimum atomic E-state index is -6.68. The van der Waals surface area contributed by atoms with Crippen LogP contribution in [0.3, 0.4) is 0 Å². The summed E-state index contributed by atoms with van der Waals surface area (Å²) in [6.45, 7) is 3.14. The molecular weight excluding hydrogens is 626 g/mol. The Bertz CT molecular complexity index is 1500. The SMILES string of the molecule is CC(C)(O)COCCn1nnnc1Sc1ccc([N+](=O)[O-])cc1C(=O)Nc1ncc(C(F)(F)C(F)(F)C(F)(F)F)cc1F. The molecule has 0 unspecified atom stereocenters. The maximum Gasteiger partial charge on any atom is 0.460 e. The van der Waals surface area contributed by atoms with Crippen LogP contribution in [0.1, 0.15) is 29.8 Å². The first-order valence-corrected chi connectivity index (χ1v) is 12.4. The van der Waals surface area contributed by atoms with E-state index in [1.54, 1.807) is 0 Å². The number of hydrogen-bond donors (Lipinski definition) is 2. The van der Waals surface area contributed by atoms with E-state index in [2.05, 4.69) is 20.5 Å². The smallest absolute Gasteiger partial charge is 0.388 e. The Morgan fingerprint density at radius 2 is 1.84 bits per heavy atom. The number of amides is 1. The lowest BCUT2D eigenvalue weighted by Gasteiger charge is -2.28. The van der Waals surface area contributed by atoms with Crippen LogP contribution >= 0.6 is 11.8 Å². The number of nitro benzene ring substituents is 1. The van der Waals surface area contributed by atoms with Crippen LogP contribution in [0, 0.1) is 15.9 Å². The molecule has 0 saturated carbocycles. The van der Waals surface area contributed by atoms with Gasteiger partial charge in [0.15, 0.2) is 11.6 Å². The first-order valence-electron chi connectivity index (χ1n) is 11.6. The third kappa shape index (κ3) is 7.70. The minimum Gasteiger partial charge on any atom is -0.388 e. The van der Waals surface area contributed by atoms with Crippen molar-refractivity contribution in [3.63, 3.8) is 0 Å². The van der Waals surface area contributed by atoms with E-state index < -0.39 is 62.9 Å². The maximum atomic E-state index is 14.5. The molecule has 1 aromatic carbocycles. The fraction of sp³-hybridized carbons (Fsp3) is 0.409. The topological polar surface area (TPSA) is 158 Å². The van der Waals surface area contributed by atoms with Crippen molar-refractivity contribution in [2.75, 3.05) is 18.5 Å². The highest BCUT2D eigenvalue weighted by molar-refractivity contribution is 7.99. The lowest BCUT2D eigenvalue weighted by atomic mass is 10.0. The number of benzene rings is 1. The van der Waals surface area contributed by atoms with E-state index in [9.17, 15) is 55.1 Å². The predicted molar refractivity (Wildman–Crippen MR) is 129 cm³/mol. The Morgan fingerprint density at radius 3 is 2.42 bits per heavy atom. The van der Waals surface area contributed by atoms with Crippen LogP contribution < -0.4 is 5.32 Å². The molecule has 0 spiro atoms. The number of anilines is 1. The van der Waals surface area contributed by atoms with Gasteiger partial charge in [-0.05, 0) is 48.2 Å². The standard InChI is InChI=1S/C22H19F8N7O5S/c1-19(2,39)10-42-6-5-36-18(33-34-35-36)43-15-4-3-12(37(40)41)8-13(15)17(38)32-16-14(23)7-11(9-31-16)20(24,25)21(26,27)22(28,29)30/h3-4,7-9,39H,5-6,10H2,1-2H3,(H,31,32,38). The first-order chi connectivity index (χ1) is 19.7. The van der Waals surface area contributed by atoms with Crippen molar-refractivity contribution in [2.24, 2.45) is 0 Å². The first kappa shape index (κ1) is 33.5. The molecular formula is C22H19F8N7O5S. The van der Waals surface area contributed by atoms with Gasteiger partial charge in [0.1, 0.15) is 0 Å². The number of ether oxygens (including phenoxy) is 1. The van der Waals surface area contributed by atoms with Gasteiger partial charge < -0.3 is 15.2 Å². The Balaban J connectivity index is 1.87. The minimum absolute atomic E-state index is 0.0156. The van der Waals surface area contributed by atoms with Gasteiger partial charge in [-0.3, -0.25) is 14.9 Å². The molecule has 0 radical (unpaired) electrons.